The van der Waals surface area contributed by atoms with Crippen LogP contribution in [0, 0.1) is 0 Å². The summed E-state index contributed by atoms with van der Waals surface area (Å²) in [5.41, 5.74) is 0.455. The second-order valence-corrected chi connectivity index (χ2v) is 4.42. The Morgan fingerprint density at radius 1 is 1.39 bits per heavy atom. The molecule has 94 valence electrons. The summed E-state index contributed by atoms with van der Waals surface area (Å²) in [5, 5.41) is 4.77. The van der Waals surface area contributed by atoms with Gasteiger partial charge in [-0.3, -0.25) is 9.78 Å². The van der Waals surface area contributed by atoms with Gasteiger partial charge in [0.2, 0.25) is 0 Å². The van der Waals surface area contributed by atoms with Crippen LogP contribution in [-0.4, -0.2) is 22.8 Å². The van der Waals surface area contributed by atoms with E-state index in [1.165, 1.54) is 0 Å². The lowest BCUT2D eigenvalue weighted by atomic mass is 10.1. The largest absolute Gasteiger partial charge is 0.347 e. The van der Waals surface area contributed by atoms with Crippen LogP contribution in [0.3, 0.4) is 0 Å². The molecular weight excluding hydrogens is 248 g/mol. The molecule has 0 saturated carbocycles. The van der Waals surface area contributed by atoms with Crippen LogP contribution in [0.2, 0.25) is 0 Å². The van der Waals surface area contributed by atoms with Gasteiger partial charge in [-0.15, -0.1) is 11.6 Å². The molecule has 0 aliphatic rings. The van der Waals surface area contributed by atoms with Crippen LogP contribution in [-0.2, 0) is 0 Å². The van der Waals surface area contributed by atoms with Gasteiger partial charge in [-0.1, -0.05) is 31.2 Å². The summed E-state index contributed by atoms with van der Waals surface area (Å²) in [6.45, 7) is 1.99. The third-order valence-electron chi connectivity index (χ3n) is 2.90. The molecule has 1 heterocycles. The first-order valence-electron chi connectivity index (χ1n) is 5.96. The molecule has 1 N–H and O–H groups in total. The number of alkyl halides is 1. The zero-order chi connectivity index (χ0) is 13.0. The standard InChI is InChI=1S/C14H15ClN2O/c1-2-11(9-15)17-14(18)13-12-6-4-3-5-10(12)7-8-16-13/h3-8,11H,2,9H2,1H3,(H,17,18). The van der Waals surface area contributed by atoms with Crippen molar-refractivity contribution in [2.45, 2.75) is 19.4 Å². The molecular formula is C14H15ClN2O. The highest BCUT2D eigenvalue weighted by Crippen LogP contribution is 2.16. The van der Waals surface area contributed by atoms with Crippen LogP contribution in [0.25, 0.3) is 10.8 Å². The van der Waals surface area contributed by atoms with Crippen LogP contribution in [0.15, 0.2) is 36.5 Å². The number of benzene rings is 1. The van der Waals surface area contributed by atoms with Gasteiger partial charge < -0.3 is 5.32 Å². The maximum atomic E-state index is 12.2. The average Bonchev–Trinajstić information content (AvgIpc) is 2.43. The molecule has 0 aliphatic heterocycles. The van der Waals surface area contributed by atoms with Gasteiger partial charge in [-0.05, 0) is 17.9 Å². The number of hydrogen-bond acceptors (Lipinski definition) is 2. The number of pyridine rings is 1. The molecule has 1 amide bonds. The van der Waals surface area contributed by atoms with Crippen molar-refractivity contribution in [2.24, 2.45) is 0 Å². The summed E-state index contributed by atoms with van der Waals surface area (Å²) in [5.74, 6) is 0.242. The Morgan fingerprint density at radius 3 is 2.89 bits per heavy atom. The van der Waals surface area contributed by atoms with E-state index in [9.17, 15) is 4.79 Å². The number of rotatable bonds is 4. The van der Waals surface area contributed by atoms with Crippen molar-refractivity contribution in [3.63, 3.8) is 0 Å². The monoisotopic (exact) mass is 262 g/mol. The molecule has 0 radical (unpaired) electrons. The van der Waals surface area contributed by atoms with Crippen molar-refractivity contribution in [2.75, 3.05) is 5.88 Å². The zero-order valence-electron chi connectivity index (χ0n) is 10.2. The molecule has 4 heteroatoms. The van der Waals surface area contributed by atoms with Crippen molar-refractivity contribution >= 4 is 28.3 Å². The van der Waals surface area contributed by atoms with E-state index in [1.807, 2.05) is 37.3 Å². The molecule has 0 fully saturated rings. The van der Waals surface area contributed by atoms with Crippen molar-refractivity contribution in [3.8, 4) is 0 Å². The fourth-order valence-corrected chi connectivity index (χ4v) is 2.10. The number of aromatic nitrogens is 1. The lowest BCUT2D eigenvalue weighted by Gasteiger charge is -2.14. The SMILES string of the molecule is CCC(CCl)NC(=O)c1nccc2ccccc12. The highest BCUT2D eigenvalue weighted by molar-refractivity contribution is 6.18. The van der Waals surface area contributed by atoms with Crippen LogP contribution in [0.5, 0.6) is 0 Å². The fourth-order valence-electron chi connectivity index (χ4n) is 1.80. The fraction of sp³-hybridized carbons (Fsp3) is 0.286. The molecule has 1 aromatic heterocycles. The zero-order valence-corrected chi connectivity index (χ0v) is 10.9. The van der Waals surface area contributed by atoms with Gasteiger partial charge in [0.25, 0.3) is 5.91 Å². The number of carbonyl (C=O) groups is 1. The van der Waals surface area contributed by atoms with Crippen molar-refractivity contribution in [1.29, 1.82) is 0 Å². The number of amides is 1. The molecule has 18 heavy (non-hydrogen) atoms. The van der Waals surface area contributed by atoms with Gasteiger partial charge in [-0.25, -0.2) is 0 Å². The minimum absolute atomic E-state index is 0.0139. The Hall–Kier alpha value is -1.61. The van der Waals surface area contributed by atoms with E-state index >= 15 is 0 Å². The van der Waals surface area contributed by atoms with Crippen molar-refractivity contribution < 1.29 is 4.79 Å². The van der Waals surface area contributed by atoms with E-state index in [0.29, 0.717) is 11.6 Å². The number of hydrogen-bond donors (Lipinski definition) is 1. The van der Waals surface area contributed by atoms with E-state index in [2.05, 4.69) is 10.3 Å². The number of nitrogens with zero attached hydrogens (tertiary/aromatic N) is 1. The highest BCUT2D eigenvalue weighted by Gasteiger charge is 2.14. The molecule has 1 aromatic carbocycles. The Bertz CT molecular complexity index is 547. The highest BCUT2D eigenvalue weighted by atomic mass is 35.5. The molecule has 3 nitrogen and oxygen atoms in total. The third kappa shape index (κ3) is 2.62. The third-order valence-corrected chi connectivity index (χ3v) is 3.28. The van der Waals surface area contributed by atoms with Gasteiger partial charge in [0.15, 0.2) is 0 Å². The number of carbonyl (C=O) groups excluding carboxylic acids is 1. The molecule has 1 unspecified atom stereocenters. The number of fused-ring (bicyclic) bond motifs is 1. The van der Waals surface area contributed by atoms with Crippen LogP contribution < -0.4 is 5.32 Å². The van der Waals surface area contributed by atoms with E-state index in [1.54, 1.807) is 6.20 Å². The average molecular weight is 263 g/mol. The minimum atomic E-state index is -0.167. The molecule has 2 aromatic rings. The first-order valence-corrected chi connectivity index (χ1v) is 6.50. The predicted molar refractivity (Wildman–Crippen MR) is 74.0 cm³/mol. The molecule has 0 spiro atoms. The normalized spacial score (nSPS) is 12.3. The summed E-state index contributed by atoms with van der Waals surface area (Å²) in [4.78, 5) is 16.3. The van der Waals surface area contributed by atoms with Crippen molar-refractivity contribution in [1.82, 2.24) is 10.3 Å². The van der Waals surface area contributed by atoms with Crippen LogP contribution >= 0.6 is 11.6 Å². The second kappa shape index (κ2) is 5.83. The summed E-state index contributed by atoms with van der Waals surface area (Å²) in [7, 11) is 0. The lowest BCUT2D eigenvalue weighted by molar-refractivity contribution is 0.0936. The Labute approximate surface area is 111 Å². The van der Waals surface area contributed by atoms with Crippen LogP contribution in [0.1, 0.15) is 23.8 Å². The van der Waals surface area contributed by atoms with Crippen LogP contribution in [0.4, 0.5) is 0 Å². The molecule has 0 aliphatic carbocycles. The first kappa shape index (κ1) is 12.8. The van der Waals surface area contributed by atoms with E-state index < -0.39 is 0 Å². The van der Waals surface area contributed by atoms with Gasteiger partial charge in [0.1, 0.15) is 5.69 Å². The smallest absolute Gasteiger partial charge is 0.270 e. The summed E-state index contributed by atoms with van der Waals surface area (Å²) in [6, 6.07) is 9.59. The van der Waals surface area contributed by atoms with E-state index in [-0.39, 0.29) is 11.9 Å². The Kier molecular flexibility index (Phi) is 4.15. The predicted octanol–water partition coefficient (Wildman–Crippen LogP) is 2.98. The van der Waals surface area contributed by atoms with Gasteiger partial charge >= 0.3 is 0 Å². The molecule has 0 bridgehead atoms. The number of nitrogens with one attached hydrogen (secondary N) is 1. The summed E-state index contributed by atoms with van der Waals surface area (Å²) in [6.07, 6.45) is 2.46. The lowest BCUT2D eigenvalue weighted by Crippen LogP contribution is -2.36. The second-order valence-electron chi connectivity index (χ2n) is 4.11. The molecule has 0 saturated heterocycles. The molecule has 2 rings (SSSR count). The topological polar surface area (TPSA) is 42.0 Å². The van der Waals surface area contributed by atoms with E-state index in [0.717, 1.165) is 17.2 Å². The number of halogens is 1. The van der Waals surface area contributed by atoms with E-state index in [4.69, 9.17) is 11.6 Å². The first-order chi connectivity index (χ1) is 8.76. The maximum absolute atomic E-state index is 12.2. The quantitative estimate of drug-likeness (QED) is 0.861. The maximum Gasteiger partial charge on any atom is 0.270 e. The minimum Gasteiger partial charge on any atom is -0.347 e. The van der Waals surface area contributed by atoms with Gasteiger partial charge in [-0.2, -0.15) is 0 Å². The summed E-state index contributed by atoms with van der Waals surface area (Å²) < 4.78 is 0. The Morgan fingerprint density at radius 2 is 2.17 bits per heavy atom. The summed E-state index contributed by atoms with van der Waals surface area (Å²) >= 11 is 5.78. The molecule has 1 atom stereocenters. The Balaban J connectivity index is 2.33. The van der Waals surface area contributed by atoms with Crippen molar-refractivity contribution in [3.05, 3.63) is 42.2 Å². The van der Waals surface area contributed by atoms with Gasteiger partial charge in [0, 0.05) is 23.5 Å². The van der Waals surface area contributed by atoms with Gasteiger partial charge in [0.05, 0.1) is 0 Å².